The lowest BCUT2D eigenvalue weighted by Crippen LogP contribution is -2.29. The third kappa shape index (κ3) is 5.45. The van der Waals surface area contributed by atoms with E-state index in [2.05, 4.69) is 34.3 Å². The summed E-state index contributed by atoms with van der Waals surface area (Å²) in [6.07, 6.45) is 2.93. The Hall–Kier alpha value is -1.17. The van der Waals surface area contributed by atoms with Crippen molar-refractivity contribution in [2.45, 2.75) is 19.4 Å². The Morgan fingerprint density at radius 1 is 1.20 bits per heavy atom. The van der Waals surface area contributed by atoms with Gasteiger partial charge in [0, 0.05) is 40.0 Å². The molecule has 5 heteroatoms. The standard InChI is InChI=1S/C15H27N3O2/c1-13(16-2)15-7-6-14(12-17-15)18(9-11-20-4)8-5-10-19-3/h6-7,12-13,16H,5,8-11H2,1-4H3. The van der Waals surface area contributed by atoms with Crippen LogP contribution < -0.4 is 10.2 Å². The van der Waals surface area contributed by atoms with Gasteiger partial charge in [0.05, 0.1) is 24.2 Å². The van der Waals surface area contributed by atoms with E-state index in [1.165, 1.54) is 0 Å². The van der Waals surface area contributed by atoms with Gasteiger partial charge in [-0.2, -0.15) is 0 Å². The van der Waals surface area contributed by atoms with Gasteiger partial charge in [-0.05, 0) is 32.5 Å². The van der Waals surface area contributed by atoms with E-state index in [1.54, 1.807) is 14.2 Å². The number of hydrogen-bond donors (Lipinski definition) is 1. The molecule has 1 rings (SSSR count). The van der Waals surface area contributed by atoms with Crippen molar-refractivity contribution in [1.29, 1.82) is 0 Å². The Morgan fingerprint density at radius 3 is 2.50 bits per heavy atom. The van der Waals surface area contributed by atoms with Crippen LogP contribution >= 0.6 is 0 Å². The minimum absolute atomic E-state index is 0.268. The SMILES string of the molecule is CNC(C)c1ccc(N(CCCOC)CCOC)cn1. The highest BCUT2D eigenvalue weighted by molar-refractivity contribution is 5.44. The molecule has 0 aliphatic rings. The van der Waals surface area contributed by atoms with Crippen molar-refractivity contribution in [3.05, 3.63) is 24.0 Å². The minimum Gasteiger partial charge on any atom is -0.385 e. The summed E-state index contributed by atoms with van der Waals surface area (Å²) in [5.74, 6) is 0. The lowest BCUT2D eigenvalue weighted by atomic mass is 10.2. The summed E-state index contributed by atoms with van der Waals surface area (Å²) in [4.78, 5) is 6.81. The number of methoxy groups -OCH3 is 2. The van der Waals surface area contributed by atoms with E-state index in [0.717, 1.165) is 37.5 Å². The Balaban J connectivity index is 2.68. The van der Waals surface area contributed by atoms with Crippen LogP contribution in [0.5, 0.6) is 0 Å². The molecule has 0 aliphatic carbocycles. The quantitative estimate of drug-likeness (QED) is 0.663. The molecule has 0 fully saturated rings. The third-order valence-corrected chi connectivity index (χ3v) is 3.35. The summed E-state index contributed by atoms with van der Waals surface area (Å²) < 4.78 is 10.3. The van der Waals surface area contributed by atoms with Crippen LogP contribution in [0.3, 0.4) is 0 Å². The number of anilines is 1. The van der Waals surface area contributed by atoms with Crippen molar-refractivity contribution < 1.29 is 9.47 Å². The van der Waals surface area contributed by atoms with Gasteiger partial charge in [-0.1, -0.05) is 0 Å². The van der Waals surface area contributed by atoms with E-state index in [1.807, 2.05) is 13.2 Å². The van der Waals surface area contributed by atoms with Crippen LogP contribution in [-0.2, 0) is 9.47 Å². The molecule has 0 spiro atoms. The van der Waals surface area contributed by atoms with E-state index in [9.17, 15) is 0 Å². The molecule has 0 saturated carbocycles. The number of ether oxygens (including phenoxy) is 2. The van der Waals surface area contributed by atoms with Gasteiger partial charge in [0.1, 0.15) is 0 Å². The summed E-state index contributed by atoms with van der Waals surface area (Å²) >= 11 is 0. The number of hydrogen-bond acceptors (Lipinski definition) is 5. The van der Waals surface area contributed by atoms with Gasteiger partial charge in [0.2, 0.25) is 0 Å². The van der Waals surface area contributed by atoms with Gasteiger partial charge in [0.15, 0.2) is 0 Å². The second-order valence-electron chi connectivity index (χ2n) is 4.78. The largest absolute Gasteiger partial charge is 0.385 e. The van der Waals surface area contributed by atoms with Crippen molar-refractivity contribution >= 4 is 5.69 Å². The van der Waals surface area contributed by atoms with E-state index in [-0.39, 0.29) is 6.04 Å². The van der Waals surface area contributed by atoms with Crippen LogP contribution in [0.2, 0.25) is 0 Å². The van der Waals surface area contributed by atoms with Gasteiger partial charge in [0.25, 0.3) is 0 Å². The maximum atomic E-state index is 5.18. The molecule has 20 heavy (non-hydrogen) atoms. The Bertz CT molecular complexity index is 357. The zero-order valence-electron chi connectivity index (χ0n) is 13.1. The molecule has 1 heterocycles. The van der Waals surface area contributed by atoms with Gasteiger partial charge < -0.3 is 19.7 Å². The highest BCUT2D eigenvalue weighted by Gasteiger charge is 2.09. The van der Waals surface area contributed by atoms with Crippen LogP contribution in [0.4, 0.5) is 5.69 Å². The first-order valence-electron chi connectivity index (χ1n) is 7.09. The zero-order chi connectivity index (χ0) is 14.8. The third-order valence-electron chi connectivity index (χ3n) is 3.35. The van der Waals surface area contributed by atoms with Gasteiger partial charge in [-0.25, -0.2) is 0 Å². The number of aromatic nitrogens is 1. The van der Waals surface area contributed by atoms with Gasteiger partial charge >= 0.3 is 0 Å². The molecule has 0 saturated heterocycles. The summed E-state index contributed by atoms with van der Waals surface area (Å²) in [7, 11) is 5.40. The molecule has 1 unspecified atom stereocenters. The molecule has 0 radical (unpaired) electrons. The van der Waals surface area contributed by atoms with E-state index >= 15 is 0 Å². The molecule has 0 aliphatic heterocycles. The number of nitrogens with zero attached hydrogens (tertiary/aromatic N) is 2. The van der Waals surface area contributed by atoms with Crippen molar-refractivity contribution in [2.75, 3.05) is 52.5 Å². The second-order valence-corrected chi connectivity index (χ2v) is 4.78. The second kappa shape index (κ2) is 9.69. The van der Waals surface area contributed by atoms with E-state index < -0.39 is 0 Å². The first kappa shape index (κ1) is 16.9. The first-order valence-corrected chi connectivity index (χ1v) is 7.09. The van der Waals surface area contributed by atoms with E-state index in [0.29, 0.717) is 6.61 Å². The monoisotopic (exact) mass is 281 g/mol. The van der Waals surface area contributed by atoms with Crippen LogP contribution in [0.1, 0.15) is 25.1 Å². The first-order chi connectivity index (χ1) is 9.72. The Kier molecular flexibility index (Phi) is 8.18. The predicted octanol–water partition coefficient (Wildman–Crippen LogP) is 1.85. The molecule has 1 aromatic heterocycles. The molecule has 0 amide bonds. The summed E-state index contributed by atoms with van der Waals surface area (Å²) in [6, 6.07) is 4.47. The van der Waals surface area contributed by atoms with Crippen molar-refractivity contribution in [3.8, 4) is 0 Å². The number of pyridine rings is 1. The molecule has 1 atom stereocenters. The fraction of sp³-hybridized carbons (Fsp3) is 0.667. The van der Waals surface area contributed by atoms with Crippen molar-refractivity contribution in [1.82, 2.24) is 10.3 Å². The fourth-order valence-corrected chi connectivity index (χ4v) is 1.96. The number of nitrogens with one attached hydrogen (secondary N) is 1. The summed E-state index contributed by atoms with van der Waals surface area (Å²) in [5, 5.41) is 3.19. The lowest BCUT2D eigenvalue weighted by molar-refractivity contribution is 0.191. The maximum Gasteiger partial charge on any atom is 0.0637 e. The molecule has 5 nitrogen and oxygen atoms in total. The smallest absolute Gasteiger partial charge is 0.0637 e. The van der Waals surface area contributed by atoms with E-state index in [4.69, 9.17) is 9.47 Å². The normalized spacial score (nSPS) is 12.4. The summed E-state index contributed by atoms with van der Waals surface area (Å²) in [5.41, 5.74) is 2.19. The van der Waals surface area contributed by atoms with Gasteiger partial charge in [-0.15, -0.1) is 0 Å². The summed E-state index contributed by atoms with van der Waals surface area (Å²) in [6.45, 7) is 5.39. The molecule has 1 aromatic rings. The maximum absolute atomic E-state index is 5.18. The predicted molar refractivity (Wildman–Crippen MR) is 82.3 cm³/mol. The highest BCUT2D eigenvalue weighted by Crippen LogP contribution is 2.16. The Labute approximate surface area is 122 Å². The lowest BCUT2D eigenvalue weighted by Gasteiger charge is -2.24. The van der Waals surface area contributed by atoms with Crippen LogP contribution in [-0.4, -0.2) is 52.6 Å². The molecule has 0 bridgehead atoms. The van der Waals surface area contributed by atoms with Crippen LogP contribution in [0, 0.1) is 0 Å². The van der Waals surface area contributed by atoms with Crippen molar-refractivity contribution in [2.24, 2.45) is 0 Å². The highest BCUT2D eigenvalue weighted by atomic mass is 16.5. The molecule has 114 valence electrons. The van der Waals surface area contributed by atoms with Crippen LogP contribution in [0.15, 0.2) is 18.3 Å². The van der Waals surface area contributed by atoms with Crippen molar-refractivity contribution in [3.63, 3.8) is 0 Å². The van der Waals surface area contributed by atoms with Crippen LogP contribution in [0.25, 0.3) is 0 Å². The number of rotatable bonds is 10. The zero-order valence-corrected chi connectivity index (χ0v) is 13.1. The molecular formula is C15H27N3O2. The topological polar surface area (TPSA) is 46.6 Å². The minimum atomic E-state index is 0.268. The molecular weight excluding hydrogens is 254 g/mol. The average molecular weight is 281 g/mol. The molecule has 1 N–H and O–H groups in total. The molecule has 0 aromatic carbocycles. The Morgan fingerprint density at radius 2 is 1.95 bits per heavy atom. The fourth-order valence-electron chi connectivity index (χ4n) is 1.96. The van der Waals surface area contributed by atoms with Gasteiger partial charge in [-0.3, -0.25) is 4.98 Å². The average Bonchev–Trinajstić information content (AvgIpc) is 2.50.